The summed E-state index contributed by atoms with van der Waals surface area (Å²) in [5.41, 5.74) is 1.24. The van der Waals surface area contributed by atoms with Gasteiger partial charge in [-0.05, 0) is 44.0 Å². The Balaban J connectivity index is 1.62. The monoisotopic (exact) mass is 458 g/mol. The van der Waals surface area contributed by atoms with Crippen molar-refractivity contribution >= 4 is 39.2 Å². The van der Waals surface area contributed by atoms with E-state index in [1.807, 2.05) is 30.3 Å². The van der Waals surface area contributed by atoms with Crippen molar-refractivity contribution < 1.29 is 18.0 Å². The van der Waals surface area contributed by atoms with Gasteiger partial charge in [0.2, 0.25) is 15.9 Å². The molecule has 164 valence electrons. The molecular weight excluding hydrogens is 432 g/mol. The van der Waals surface area contributed by atoms with Gasteiger partial charge in [0.1, 0.15) is 0 Å². The number of sulfonamides is 1. The zero-order valence-corrected chi connectivity index (χ0v) is 19.0. The Morgan fingerprint density at radius 3 is 2.39 bits per heavy atom. The molecule has 0 atom stereocenters. The number of hydrogen-bond acceptors (Lipinski definition) is 5. The minimum absolute atomic E-state index is 0.0884. The quantitative estimate of drug-likeness (QED) is 0.364. The average Bonchev–Trinajstić information content (AvgIpc) is 2.78. The van der Waals surface area contributed by atoms with Gasteiger partial charge in [-0.1, -0.05) is 30.3 Å². The number of nitrogens with one attached hydrogen (secondary N) is 1. The van der Waals surface area contributed by atoms with E-state index in [0.29, 0.717) is 18.4 Å². The summed E-state index contributed by atoms with van der Waals surface area (Å²) in [5, 5.41) is 3.00. The Labute approximate surface area is 187 Å². The first kappa shape index (κ1) is 23.2. The average molecular weight is 459 g/mol. The molecule has 0 aliphatic carbocycles. The molecule has 1 saturated heterocycles. The van der Waals surface area contributed by atoms with Gasteiger partial charge in [0, 0.05) is 35.2 Å². The maximum atomic E-state index is 12.9. The smallest absolute Gasteiger partial charge is 0.243 e. The van der Waals surface area contributed by atoms with Gasteiger partial charge < -0.3 is 5.32 Å². The summed E-state index contributed by atoms with van der Waals surface area (Å²) in [6, 6.07) is 13.6. The van der Waals surface area contributed by atoms with Crippen molar-refractivity contribution in [2.45, 2.75) is 29.6 Å². The lowest BCUT2D eigenvalue weighted by Crippen LogP contribution is -2.41. The molecule has 0 spiro atoms. The molecule has 3 rings (SSSR count). The number of amides is 1. The molecule has 1 heterocycles. The molecule has 0 saturated carbocycles. The Hall–Kier alpha value is -2.42. The van der Waals surface area contributed by atoms with Crippen LogP contribution in [0, 0.1) is 5.92 Å². The normalized spacial score (nSPS) is 15.4. The van der Waals surface area contributed by atoms with Crippen molar-refractivity contribution in [1.82, 2.24) is 4.31 Å². The summed E-state index contributed by atoms with van der Waals surface area (Å²) in [4.78, 5) is 25.3. The maximum absolute atomic E-state index is 12.9. The number of para-hydroxylation sites is 1. The van der Waals surface area contributed by atoms with Crippen molar-refractivity contribution in [3.05, 3.63) is 66.7 Å². The first-order valence-electron chi connectivity index (χ1n) is 10.1. The predicted octanol–water partition coefficient (Wildman–Crippen LogP) is 4.21. The van der Waals surface area contributed by atoms with Crippen LogP contribution in [0.25, 0.3) is 0 Å². The fraction of sp³-hybridized carbons (Fsp3) is 0.304. The van der Waals surface area contributed by atoms with Gasteiger partial charge in [-0.3, -0.25) is 9.59 Å². The van der Waals surface area contributed by atoms with Crippen LogP contribution in [0.4, 0.5) is 5.69 Å². The van der Waals surface area contributed by atoms with Crippen LogP contribution in [0.5, 0.6) is 0 Å². The van der Waals surface area contributed by atoms with E-state index in [0.717, 1.165) is 16.3 Å². The number of anilines is 1. The van der Waals surface area contributed by atoms with E-state index < -0.39 is 10.0 Å². The molecule has 8 heteroatoms. The van der Waals surface area contributed by atoms with Crippen molar-refractivity contribution in [2.24, 2.45) is 5.92 Å². The third kappa shape index (κ3) is 5.64. The van der Waals surface area contributed by atoms with Gasteiger partial charge in [0.25, 0.3) is 0 Å². The van der Waals surface area contributed by atoms with E-state index >= 15 is 0 Å². The highest BCUT2D eigenvalue weighted by atomic mass is 32.2. The number of hydrogen-bond donors (Lipinski definition) is 1. The summed E-state index contributed by atoms with van der Waals surface area (Å²) in [6.07, 6.45) is 2.73. The molecule has 0 radical (unpaired) electrons. The van der Waals surface area contributed by atoms with Crippen LogP contribution in [0.3, 0.4) is 0 Å². The fourth-order valence-electron chi connectivity index (χ4n) is 3.45. The van der Waals surface area contributed by atoms with Crippen LogP contribution in [0.1, 0.15) is 30.1 Å². The molecule has 1 aliphatic heterocycles. The minimum Gasteiger partial charge on any atom is -0.325 e. The SMILES string of the molecule is C=CCSc1ccccc1NC(=O)C1CCN(S(=O)(=O)c2ccc(C(C)=O)cc2)CC1. The van der Waals surface area contributed by atoms with Gasteiger partial charge in [0.05, 0.1) is 10.6 Å². The largest absolute Gasteiger partial charge is 0.325 e. The first-order chi connectivity index (χ1) is 14.8. The zero-order valence-electron chi connectivity index (χ0n) is 17.4. The van der Waals surface area contributed by atoms with Crippen LogP contribution in [-0.2, 0) is 14.8 Å². The minimum atomic E-state index is -3.65. The number of carbonyl (C=O) groups excluding carboxylic acids is 2. The van der Waals surface area contributed by atoms with Crippen LogP contribution < -0.4 is 5.32 Å². The maximum Gasteiger partial charge on any atom is 0.243 e. The highest BCUT2D eigenvalue weighted by molar-refractivity contribution is 7.99. The Morgan fingerprint density at radius 2 is 1.77 bits per heavy atom. The second kappa shape index (κ2) is 10.3. The molecule has 2 aromatic rings. The second-order valence-electron chi connectivity index (χ2n) is 7.34. The molecule has 31 heavy (non-hydrogen) atoms. The second-order valence-corrected chi connectivity index (χ2v) is 10.3. The number of rotatable bonds is 8. The topological polar surface area (TPSA) is 83.6 Å². The number of ketones is 1. The first-order valence-corrected chi connectivity index (χ1v) is 12.5. The molecular formula is C23H26N2O4S2. The molecule has 0 unspecified atom stereocenters. The molecule has 1 aliphatic rings. The summed E-state index contributed by atoms with van der Waals surface area (Å²) in [5.74, 6) is 0.301. The van der Waals surface area contributed by atoms with Crippen LogP contribution in [0.15, 0.2) is 71.0 Å². The van der Waals surface area contributed by atoms with Crippen molar-refractivity contribution in [2.75, 3.05) is 24.2 Å². The fourth-order valence-corrected chi connectivity index (χ4v) is 5.66. The highest BCUT2D eigenvalue weighted by Crippen LogP contribution is 2.29. The van der Waals surface area contributed by atoms with E-state index in [9.17, 15) is 18.0 Å². The van der Waals surface area contributed by atoms with E-state index in [4.69, 9.17) is 0 Å². The summed E-state index contributed by atoms with van der Waals surface area (Å²) >= 11 is 1.60. The van der Waals surface area contributed by atoms with Crippen LogP contribution in [-0.4, -0.2) is 43.3 Å². The van der Waals surface area contributed by atoms with Crippen molar-refractivity contribution in [3.63, 3.8) is 0 Å². The number of nitrogens with zero attached hydrogens (tertiary/aromatic N) is 1. The molecule has 1 fully saturated rings. The number of thioether (sulfide) groups is 1. The molecule has 2 aromatic carbocycles. The summed E-state index contributed by atoms with van der Waals surface area (Å²) < 4.78 is 27.2. The van der Waals surface area contributed by atoms with E-state index in [2.05, 4.69) is 11.9 Å². The number of piperidine rings is 1. The lowest BCUT2D eigenvalue weighted by Gasteiger charge is -2.30. The van der Waals surface area contributed by atoms with Crippen molar-refractivity contribution in [3.8, 4) is 0 Å². The van der Waals surface area contributed by atoms with E-state index in [1.54, 1.807) is 11.8 Å². The van der Waals surface area contributed by atoms with Crippen molar-refractivity contribution in [1.29, 1.82) is 0 Å². The van der Waals surface area contributed by atoms with Crippen LogP contribution in [0.2, 0.25) is 0 Å². The number of carbonyl (C=O) groups is 2. The van der Waals surface area contributed by atoms with Gasteiger partial charge in [-0.25, -0.2) is 8.42 Å². The summed E-state index contributed by atoms with van der Waals surface area (Å²) in [7, 11) is -3.65. The number of Topliss-reactive ketones (excluding diaryl/α,β-unsaturated/α-hetero) is 1. The highest BCUT2D eigenvalue weighted by Gasteiger charge is 2.32. The lowest BCUT2D eigenvalue weighted by atomic mass is 9.97. The molecule has 1 N–H and O–H groups in total. The molecule has 0 bridgehead atoms. The number of benzene rings is 2. The van der Waals surface area contributed by atoms with E-state index in [-0.39, 0.29) is 35.6 Å². The lowest BCUT2D eigenvalue weighted by molar-refractivity contribution is -0.120. The Morgan fingerprint density at radius 1 is 1.13 bits per heavy atom. The third-order valence-corrected chi connectivity index (χ3v) is 8.21. The van der Waals surface area contributed by atoms with Crippen LogP contribution >= 0.6 is 11.8 Å². The molecule has 6 nitrogen and oxygen atoms in total. The Kier molecular flexibility index (Phi) is 7.69. The van der Waals surface area contributed by atoms with Gasteiger partial charge in [-0.2, -0.15) is 4.31 Å². The summed E-state index contributed by atoms with van der Waals surface area (Å²) in [6.45, 7) is 5.72. The molecule has 0 aromatic heterocycles. The molecule has 1 amide bonds. The standard InChI is InChI=1S/C23H26N2O4S2/c1-3-16-30-22-7-5-4-6-21(22)24-23(27)19-12-14-25(15-13-19)31(28,29)20-10-8-18(9-11-20)17(2)26/h3-11,19H,1,12-16H2,2H3,(H,24,27). The van der Waals surface area contributed by atoms with E-state index in [1.165, 1.54) is 35.5 Å². The van der Waals surface area contributed by atoms with Gasteiger partial charge in [0.15, 0.2) is 5.78 Å². The Bertz CT molecular complexity index is 1060. The third-order valence-electron chi connectivity index (χ3n) is 5.22. The van der Waals surface area contributed by atoms with Gasteiger partial charge in [-0.15, -0.1) is 18.3 Å². The van der Waals surface area contributed by atoms with Gasteiger partial charge >= 0.3 is 0 Å². The predicted molar refractivity (Wildman–Crippen MR) is 124 cm³/mol. The zero-order chi connectivity index (χ0) is 22.4.